The van der Waals surface area contributed by atoms with Crippen LogP contribution in [0.15, 0.2) is 66.7 Å². The smallest absolute Gasteiger partial charge is 0.239 e. The predicted molar refractivity (Wildman–Crippen MR) is 119 cm³/mol. The standard InChI is InChI=1S/C25H17Cl2NO3/c26-13-9-10-19(18(27)11-13)28-23(30)21-20-14-5-1-3-7-16(14)25(12-29,22(21)24(28)31)17-8-4-2-6-15(17)20/h1-11,20-22,29H,12H2/t20?,21-,22-,25?/m1/s1. The molecule has 1 heterocycles. The van der Waals surface area contributed by atoms with Gasteiger partial charge < -0.3 is 5.11 Å². The molecule has 3 aliphatic carbocycles. The zero-order valence-corrected chi connectivity index (χ0v) is 17.8. The van der Waals surface area contributed by atoms with Crippen molar-refractivity contribution in [3.05, 3.63) is 99.0 Å². The van der Waals surface area contributed by atoms with E-state index >= 15 is 0 Å². The minimum Gasteiger partial charge on any atom is -0.395 e. The van der Waals surface area contributed by atoms with Gasteiger partial charge in [0.1, 0.15) is 0 Å². The van der Waals surface area contributed by atoms with E-state index in [1.165, 1.54) is 11.0 Å². The van der Waals surface area contributed by atoms with E-state index in [0.717, 1.165) is 22.3 Å². The molecular weight excluding hydrogens is 433 g/mol. The zero-order valence-electron chi connectivity index (χ0n) is 16.3. The Hall–Kier alpha value is -2.66. The predicted octanol–water partition coefficient (Wildman–Crippen LogP) is 4.54. The molecule has 4 nitrogen and oxygen atoms in total. The molecule has 31 heavy (non-hydrogen) atoms. The van der Waals surface area contributed by atoms with Crippen LogP contribution in [0.3, 0.4) is 0 Å². The zero-order chi connectivity index (χ0) is 21.5. The summed E-state index contributed by atoms with van der Waals surface area (Å²) in [5.41, 5.74) is 3.20. The quantitative estimate of drug-likeness (QED) is 0.584. The number of aliphatic hydroxyl groups is 1. The number of halogens is 2. The molecule has 1 N–H and O–H groups in total. The molecule has 3 aromatic rings. The van der Waals surface area contributed by atoms with Gasteiger partial charge in [-0.3, -0.25) is 9.59 Å². The molecule has 0 unspecified atom stereocenters. The van der Waals surface area contributed by atoms with Crippen LogP contribution in [-0.4, -0.2) is 23.5 Å². The summed E-state index contributed by atoms with van der Waals surface area (Å²) in [6.07, 6.45) is 0. The summed E-state index contributed by atoms with van der Waals surface area (Å²) < 4.78 is 0. The number of carbonyl (C=O) groups excluding carboxylic acids is 2. The van der Waals surface area contributed by atoms with Crippen LogP contribution in [0.5, 0.6) is 0 Å². The first-order valence-corrected chi connectivity index (χ1v) is 10.9. The molecule has 2 atom stereocenters. The third-order valence-corrected chi connectivity index (χ3v) is 7.73. The molecule has 1 aliphatic heterocycles. The van der Waals surface area contributed by atoms with Gasteiger partial charge in [0.2, 0.25) is 11.8 Å². The molecular formula is C25H17Cl2NO3. The van der Waals surface area contributed by atoms with Gasteiger partial charge in [-0.2, -0.15) is 0 Å². The molecule has 0 radical (unpaired) electrons. The Labute approximate surface area is 189 Å². The van der Waals surface area contributed by atoms with Gasteiger partial charge in [-0.15, -0.1) is 0 Å². The van der Waals surface area contributed by atoms with Gasteiger partial charge in [0.05, 0.1) is 34.6 Å². The number of aliphatic hydroxyl groups excluding tert-OH is 1. The number of carbonyl (C=O) groups is 2. The third kappa shape index (κ3) is 2.20. The molecule has 154 valence electrons. The van der Waals surface area contributed by atoms with Crippen LogP contribution < -0.4 is 4.90 Å². The van der Waals surface area contributed by atoms with Crippen LogP contribution in [0.25, 0.3) is 0 Å². The minimum atomic E-state index is -0.979. The minimum absolute atomic E-state index is 0.244. The van der Waals surface area contributed by atoms with Crippen molar-refractivity contribution in [1.29, 1.82) is 0 Å². The Balaban J connectivity index is 1.64. The lowest BCUT2D eigenvalue weighted by atomic mass is 9.47. The molecule has 2 amide bonds. The van der Waals surface area contributed by atoms with E-state index < -0.39 is 17.3 Å². The van der Waals surface area contributed by atoms with Gasteiger partial charge in [0, 0.05) is 10.9 Å². The SMILES string of the molecule is O=C1[C@@H]2C3c4ccccc4C(CO)(c4ccccc43)[C@H]2C(=O)N1c1ccc(Cl)cc1Cl. The summed E-state index contributed by atoms with van der Waals surface area (Å²) in [5.74, 6) is -2.17. The van der Waals surface area contributed by atoms with Gasteiger partial charge in [-0.25, -0.2) is 4.90 Å². The van der Waals surface area contributed by atoms with E-state index in [1.54, 1.807) is 12.1 Å². The maximum Gasteiger partial charge on any atom is 0.239 e. The number of imide groups is 1. The first-order valence-electron chi connectivity index (χ1n) is 10.1. The maximum absolute atomic E-state index is 13.9. The van der Waals surface area contributed by atoms with Crippen molar-refractivity contribution in [2.75, 3.05) is 11.5 Å². The second-order valence-corrected chi connectivity index (χ2v) is 9.24. The van der Waals surface area contributed by atoms with Crippen LogP contribution in [0.4, 0.5) is 5.69 Å². The second-order valence-electron chi connectivity index (χ2n) is 8.39. The Morgan fingerprint density at radius 2 is 1.48 bits per heavy atom. The van der Waals surface area contributed by atoms with Gasteiger partial charge in [-0.05, 0) is 40.5 Å². The molecule has 1 saturated heterocycles. The van der Waals surface area contributed by atoms with E-state index in [0.29, 0.717) is 10.7 Å². The Kier molecular flexibility index (Phi) is 3.95. The van der Waals surface area contributed by atoms with E-state index in [9.17, 15) is 14.7 Å². The lowest BCUT2D eigenvalue weighted by Gasteiger charge is -2.53. The van der Waals surface area contributed by atoms with E-state index in [4.69, 9.17) is 23.2 Å². The summed E-state index contributed by atoms with van der Waals surface area (Å²) in [6.45, 7) is -0.268. The van der Waals surface area contributed by atoms with Crippen LogP contribution in [0.2, 0.25) is 10.0 Å². The van der Waals surface area contributed by atoms with E-state index in [1.807, 2.05) is 48.5 Å². The highest BCUT2D eigenvalue weighted by molar-refractivity contribution is 6.38. The van der Waals surface area contributed by atoms with Crippen LogP contribution >= 0.6 is 23.2 Å². The Morgan fingerprint density at radius 1 is 0.871 bits per heavy atom. The van der Waals surface area contributed by atoms with Crippen LogP contribution in [0, 0.1) is 11.8 Å². The van der Waals surface area contributed by atoms with Gasteiger partial charge in [0.25, 0.3) is 0 Å². The summed E-state index contributed by atoms with van der Waals surface area (Å²) in [5, 5.41) is 11.5. The van der Waals surface area contributed by atoms with Crippen molar-refractivity contribution in [2.24, 2.45) is 11.8 Å². The molecule has 2 bridgehead atoms. The largest absolute Gasteiger partial charge is 0.395 e. The van der Waals surface area contributed by atoms with Gasteiger partial charge >= 0.3 is 0 Å². The highest BCUT2D eigenvalue weighted by atomic mass is 35.5. The average Bonchev–Trinajstić information content (AvgIpc) is 3.05. The number of hydrogen-bond acceptors (Lipinski definition) is 3. The molecule has 0 aromatic heterocycles. The topological polar surface area (TPSA) is 57.6 Å². The molecule has 0 saturated carbocycles. The van der Waals surface area contributed by atoms with E-state index in [-0.39, 0.29) is 29.4 Å². The summed E-state index contributed by atoms with van der Waals surface area (Å²) >= 11 is 12.4. The first-order chi connectivity index (χ1) is 15.0. The number of nitrogens with zero attached hydrogens (tertiary/aromatic N) is 1. The fourth-order valence-corrected chi connectivity index (χ4v) is 6.59. The van der Waals surface area contributed by atoms with Crippen LogP contribution in [0.1, 0.15) is 28.2 Å². The second kappa shape index (κ2) is 6.42. The molecule has 3 aromatic carbocycles. The van der Waals surface area contributed by atoms with Crippen molar-refractivity contribution >= 4 is 40.7 Å². The van der Waals surface area contributed by atoms with Crippen molar-refractivity contribution in [3.63, 3.8) is 0 Å². The summed E-state index contributed by atoms with van der Waals surface area (Å²) in [4.78, 5) is 28.8. The number of hydrogen-bond donors (Lipinski definition) is 1. The van der Waals surface area contributed by atoms with Crippen LogP contribution in [-0.2, 0) is 15.0 Å². The van der Waals surface area contributed by atoms with Gasteiger partial charge in [0.15, 0.2) is 0 Å². The normalized spacial score (nSPS) is 27.8. The lowest BCUT2D eigenvalue weighted by molar-refractivity contribution is -0.124. The van der Waals surface area contributed by atoms with Crippen molar-refractivity contribution in [2.45, 2.75) is 11.3 Å². The number of anilines is 1. The molecule has 1 fully saturated rings. The van der Waals surface area contributed by atoms with E-state index in [2.05, 4.69) is 0 Å². The highest BCUT2D eigenvalue weighted by Crippen LogP contribution is 2.64. The fraction of sp³-hybridized carbons (Fsp3) is 0.200. The maximum atomic E-state index is 13.9. The third-order valence-electron chi connectivity index (χ3n) is 7.19. The first kappa shape index (κ1) is 19.1. The Bertz CT molecular complexity index is 1240. The average molecular weight is 450 g/mol. The fourth-order valence-electron chi connectivity index (χ4n) is 6.10. The monoisotopic (exact) mass is 449 g/mol. The Morgan fingerprint density at radius 3 is 2.06 bits per heavy atom. The summed E-state index contributed by atoms with van der Waals surface area (Å²) in [7, 11) is 0. The van der Waals surface area contributed by atoms with Crippen molar-refractivity contribution < 1.29 is 14.7 Å². The summed E-state index contributed by atoms with van der Waals surface area (Å²) in [6, 6.07) is 20.4. The number of rotatable bonds is 2. The lowest BCUT2D eigenvalue weighted by Crippen LogP contribution is -2.55. The van der Waals surface area contributed by atoms with Crippen molar-refractivity contribution in [1.82, 2.24) is 0 Å². The molecule has 6 heteroatoms. The molecule has 7 rings (SSSR count). The number of benzene rings is 3. The van der Waals surface area contributed by atoms with Crippen molar-refractivity contribution in [3.8, 4) is 0 Å². The number of amides is 2. The molecule has 4 aliphatic rings. The van der Waals surface area contributed by atoms with Gasteiger partial charge in [-0.1, -0.05) is 71.7 Å². The highest BCUT2D eigenvalue weighted by Gasteiger charge is 2.68. The molecule has 0 spiro atoms.